The van der Waals surface area contributed by atoms with Crippen molar-refractivity contribution >= 4 is 39.1 Å². The molecule has 0 radical (unpaired) electrons. The molecule has 31 heavy (non-hydrogen) atoms. The number of aryl methyl sites for hydroxylation is 3. The first-order chi connectivity index (χ1) is 14.9. The van der Waals surface area contributed by atoms with Gasteiger partial charge in [-0.3, -0.25) is 24.7 Å². The van der Waals surface area contributed by atoms with Crippen LogP contribution in [0.4, 0.5) is 5.13 Å². The lowest BCUT2D eigenvalue weighted by molar-refractivity contribution is 0.102. The second-order valence-electron chi connectivity index (χ2n) is 7.38. The van der Waals surface area contributed by atoms with Crippen molar-refractivity contribution in [1.29, 1.82) is 5.41 Å². The summed E-state index contributed by atoms with van der Waals surface area (Å²) in [5.74, 6) is -0.499. The van der Waals surface area contributed by atoms with Crippen LogP contribution in [0.1, 0.15) is 47.1 Å². The van der Waals surface area contributed by atoms with Crippen molar-refractivity contribution in [3.05, 3.63) is 56.4 Å². The molecular weight excluding hydrogens is 414 g/mol. The quantitative estimate of drug-likeness (QED) is 0.355. The van der Waals surface area contributed by atoms with Crippen molar-refractivity contribution in [1.82, 2.24) is 24.1 Å². The first-order valence-electron chi connectivity index (χ1n) is 10.1. The fraction of sp³-hybridized carbons (Fsp3) is 0.333. The molecule has 160 valence electrons. The maximum absolute atomic E-state index is 13.3. The Labute approximate surface area is 181 Å². The molecule has 1 amide bonds. The Bertz CT molecular complexity index is 1420. The van der Waals surface area contributed by atoms with E-state index in [1.807, 2.05) is 13.0 Å². The summed E-state index contributed by atoms with van der Waals surface area (Å²) in [4.78, 5) is 31.0. The molecule has 2 N–H and O–H groups in total. The van der Waals surface area contributed by atoms with E-state index in [2.05, 4.69) is 22.4 Å². The molecule has 0 fully saturated rings. The molecule has 0 saturated carbocycles. The van der Waals surface area contributed by atoms with E-state index < -0.39 is 5.91 Å². The number of aromatic nitrogens is 5. The number of nitrogens with one attached hydrogen (secondary N) is 2. The van der Waals surface area contributed by atoms with Gasteiger partial charge in [-0.1, -0.05) is 37.2 Å². The Morgan fingerprint density at radius 2 is 2.03 bits per heavy atom. The van der Waals surface area contributed by atoms with Gasteiger partial charge in [0, 0.05) is 12.7 Å². The number of hydrogen-bond acceptors (Lipinski definition) is 7. The van der Waals surface area contributed by atoms with E-state index in [0.29, 0.717) is 28.4 Å². The zero-order valence-electron chi connectivity index (χ0n) is 17.6. The lowest BCUT2D eigenvalue weighted by atomic mass is 10.1. The SMILES string of the molecule is CCCCCn1c(=N)c(C(=O)Nc2nnc(C)s2)cc2c(=O)n3cccc(C)c3nc21. The van der Waals surface area contributed by atoms with Crippen LogP contribution >= 0.6 is 11.3 Å². The molecule has 4 aromatic heterocycles. The highest BCUT2D eigenvalue weighted by Gasteiger charge is 2.19. The molecule has 0 aliphatic carbocycles. The summed E-state index contributed by atoms with van der Waals surface area (Å²) >= 11 is 1.25. The van der Waals surface area contributed by atoms with Gasteiger partial charge in [0.1, 0.15) is 21.8 Å². The fourth-order valence-corrected chi connectivity index (χ4v) is 4.11. The van der Waals surface area contributed by atoms with Gasteiger partial charge in [0.2, 0.25) is 5.13 Å². The Morgan fingerprint density at radius 3 is 2.74 bits per heavy atom. The second-order valence-corrected chi connectivity index (χ2v) is 8.57. The topological polar surface area (TPSA) is 118 Å². The third kappa shape index (κ3) is 3.86. The third-order valence-electron chi connectivity index (χ3n) is 5.11. The highest BCUT2D eigenvalue weighted by molar-refractivity contribution is 7.15. The maximum atomic E-state index is 13.3. The predicted octanol–water partition coefficient (Wildman–Crippen LogP) is 3.04. The number of unbranched alkanes of at least 4 members (excludes halogenated alkanes) is 2. The first kappa shape index (κ1) is 20.9. The Morgan fingerprint density at radius 1 is 1.23 bits per heavy atom. The summed E-state index contributed by atoms with van der Waals surface area (Å²) in [6, 6.07) is 5.14. The van der Waals surface area contributed by atoms with Crippen molar-refractivity contribution in [2.75, 3.05) is 5.32 Å². The Balaban J connectivity index is 1.94. The number of carbonyl (C=O) groups is 1. The molecule has 4 heterocycles. The predicted molar refractivity (Wildman–Crippen MR) is 120 cm³/mol. The molecular formula is C21H23N7O2S. The molecule has 10 heteroatoms. The van der Waals surface area contributed by atoms with E-state index >= 15 is 0 Å². The van der Waals surface area contributed by atoms with Gasteiger partial charge in [-0.05, 0) is 38.0 Å². The molecule has 0 aliphatic heterocycles. The number of nitrogens with zero attached hydrogens (tertiary/aromatic N) is 5. The number of carbonyl (C=O) groups excluding carboxylic acids is 1. The van der Waals surface area contributed by atoms with Gasteiger partial charge in [0.05, 0.1) is 10.9 Å². The molecule has 4 rings (SSSR count). The molecule has 4 aromatic rings. The minimum atomic E-state index is -0.499. The van der Waals surface area contributed by atoms with Crippen LogP contribution in [0.5, 0.6) is 0 Å². The molecule has 0 aromatic carbocycles. The van der Waals surface area contributed by atoms with Gasteiger partial charge in [-0.15, -0.1) is 10.2 Å². The third-order valence-corrected chi connectivity index (χ3v) is 5.86. The summed E-state index contributed by atoms with van der Waals surface area (Å²) in [5.41, 5.74) is 1.68. The van der Waals surface area contributed by atoms with E-state index in [1.165, 1.54) is 21.8 Å². The van der Waals surface area contributed by atoms with E-state index in [1.54, 1.807) is 23.8 Å². The lowest BCUT2D eigenvalue weighted by Gasteiger charge is -2.15. The average Bonchev–Trinajstić information content (AvgIpc) is 3.15. The Kier molecular flexibility index (Phi) is 5.64. The van der Waals surface area contributed by atoms with Crippen LogP contribution in [0.15, 0.2) is 29.2 Å². The van der Waals surface area contributed by atoms with Crippen molar-refractivity contribution in [2.24, 2.45) is 0 Å². The van der Waals surface area contributed by atoms with E-state index in [4.69, 9.17) is 10.4 Å². The Hall–Kier alpha value is -3.40. The number of fused-ring (bicyclic) bond motifs is 2. The summed E-state index contributed by atoms with van der Waals surface area (Å²) in [6.45, 7) is 6.28. The minimum Gasteiger partial charge on any atom is -0.310 e. The van der Waals surface area contributed by atoms with Crippen LogP contribution in [0.2, 0.25) is 0 Å². The van der Waals surface area contributed by atoms with Crippen LogP contribution in [-0.2, 0) is 6.54 Å². The van der Waals surface area contributed by atoms with Crippen LogP contribution < -0.4 is 16.4 Å². The molecule has 0 saturated heterocycles. The summed E-state index contributed by atoms with van der Waals surface area (Å²) in [7, 11) is 0. The number of anilines is 1. The smallest absolute Gasteiger partial charge is 0.267 e. The molecule has 0 bridgehead atoms. The standard InChI is InChI=1S/C21H23N7O2S/c1-4-5-6-9-27-16(22)14(19(29)24-21-26-25-13(3)31-21)11-15-18(27)23-17-12(2)8-7-10-28(17)20(15)30/h7-8,10-11,22H,4-6,9H2,1-3H3,(H,24,26,29). The number of pyridine rings is 2. The van der Waals surface area contributed by atoms with Gasteiger partial charge < -0.3 is 4.57 Å². The maximum Gasteiger partial charge on any atom is 0.267 e. The average molecular weight is 438 g/mol. The molecule has 0 unspecified atom stereocenters. The van der Waals surface area contributed by atoms with Crippen LogP contribution in [0.3, 0.4) is 0 Å². The van der Waals surface area contributed by atoms with Gasteiger partial charge in [-0.25, -0.2) is 4.98 Å². The van der Waals surface area contributed by atoms with Gasteiger partial charge >= 0.3 is 0 Å². The zero-order valence-corrected chi connectivity index (χ0v) is 18.4. The normalized spacial score (nSPS) is 11.3. The van der Waals surface area contributed by atoms with E-state index in [-0.39, 0.29) is 16.6 Å². The van der Waals surface area contributed by atoms with Gasteiger partial charge in [-0.2, -0.15) is 0 Å². The van der Waals surface area contributed by atoms with Crippen molar-refractivity contribution in [2.45, 2.75) is 46.6 Å². The summed E-state index contributed by atoms with van der Waals surface area (Å²) in [6.07, 6.45) is 4.47. The minimum absolute atomic E-state index is 0.0205. The van der Waals surface area contributed by atoms with Gasteiger partial charge in [0.15, 0.2) is 0 Å². The van der Waals surface area contributed by atoms with E-state index in [0.717, 1.165) is 29.8 Å². The fourth-order valence-electron chi connectivity index (χ4n) is 3.52. The lowest BCUT2D eigenvalue weighted by Crippen LogP contribution is -2.32. The highest BCUT2D eigenvalue weighted by atomic mass is 32.1. The summed E-state index contributed by atoms with van der Waals surface area (Å²) in [5, 5.41) is 20.6. The number of rotatable bonds is 6. The van der Waals surface area contributed by atoms with Crippen molar-refractivity contribution < 1.29 is 4.79 Å². The van der Waals surface area contributed by atoms with Crippen LogP contribution in [0.25, 0.3) is 16.7 Å². The van der Waals surface area contributed by atoms with Crippen molar-refractivity contribution in [3.8, 4) is 0 Å². The van der Waals surface area contributed by atoms with Crippen molar-refractivity contribution in [3.63, 3.8) is 0 Å². The van der Waals surface area contributed by atoms with Crippen LogP contribution in [-0.4, -0.2) is 30.1 Å². The summed E-state index contributed by atoms with van der Waals surface area (Å²) < 4.78 is 3.15. The second kappa shape index (κ2) is 8.38. The largest absolute Gasteiger partial charge is 0.310 e. The first-order valence-corrected chi connectivity index (χ1v) is 10.9. The molecule has 9 nitrogen and oxygen atoms in total. The molecule has 0 spiro atoms. The molecule has 0 aliphatic rings. The van der Waals surface area contributed by atoms with Gasteiger partial charge in [0.25, 0.3) is 11.5 Å². The van der Waals surface area contributed by atoms with Crippen LogP contribution in [0, 0.1) is 19.3 Å². The highest BCUT2D eigenvalue weighted by Crippen LogP contribution is 2.17. The number of hydrogen-bond donors (Lipinski definition) is 2. The van der Waals surface area contributed by atoms with E-state index in [9.17, 15) is 9.59 Å². The zero-order chi connectivity index (χ0) is 22.1. The molecule has 0 atom stereocenters. The number of amides is 1. The monoisotopic (exact) mass is 437 g/mol.